The largest absolute Gasteiger partial charge is 0.320 e. The van der Waals surface area contributed by atoms with Gasteiger partial charge in [0.05, 0.1) is 0 Å². The molecule has 17 heavy (non-hydrogen) atoms. The first-order valence-electron chi connectivity index (χ1n) is 5.31. The van der Waals surface area contributed by atoms with Crippen LogP contribution in [-0.4, -0.2) is 15.9 Å². The Bertz CT molecular complexity index is 538. The zero-order valence-electron chi connectivity index (χ0n) is 9.77. The maximum absolute atomic E-state index is 11.8. The molecule has 2 aromatic rings. The van der Waals surface area contributed by atoms with Crippen molar-refractivity contribution in [2.24, 2.45) is 0 Å². The van der Waals surface area contributed by atoms with Crippen LogP contribution in [0.4, 0.5) is 5.69 Å². The van der Waals surface area contributed by atoms with E-state index >= 15 is 0 Å². The minimum absolute atomic E-state index is 0.223. The van der Waals surface area contributed by atoms with E-state index in [9.17, 15) is 4.79 Å². The van der Waals surface area contributed by atoms with Crippen molar-refractivity contribution in [3.8, 4) is 0 Å². The summed E-state index contributed by atoms with van der Waals surface area (Å²) in [5, 5.41) is 2.82. The van der Waals surface area contributed by atoms with Crippen LogP contribution in [0.3, 0.4) is 0 Å². The highest BCUT2D eigenvalue weighted by Gasteiger charge is 2.08. The average Bonchev–Trinajstić information content (AvgIpc) is 2.34. The molecular formula is C13H13N3O. The number of carbonyl (C=O) groups is 1. The highest BCUT2D eigenvalue weighted by Crippen LogP contribution is 2.16. The molecule has 1 amide bonds. The van der Waals surface area contributed by atoms with Crippen LogP contribution in [0.1, 0.15) is 21.6 Å². The lowest BCUT2D eigenvalue weighted by Crippen LogP contribution is -2.14. The second-order valence-electron chi connectivity index (χ2n) is 3.87. The van der Waals surface area contributed by atoms with Gasteiger partial charge in [-0.2, -0.15) is 0 Å². The number of nitrogens with zero attached hydrogens (tertiary/aromatic N) is 2. The Morgan fingerprint density at radius 1 is 1.24 bits per heavy atom. The first-order chi connectivity index (χ1) is 8.16. The van der Waals surface area contributed by atoms with Gasteiger partial charge in [0.1, 0.15) is 12.0 Å². The molecule has 0 aliphatic rings. The molecule has 0 spiro atoms. The highest BCUT2D eigenvalue weighted by atomic mass is 16.1. The Morgan fingerprint density at radius 2 is 2.06 bits per heavy atom. The fourth-order valence-corrected chi connectivity index (χ4v) is 1.57. The van der Waals surface area contributed by atoms with Crippen molar-refractivity contribution in [2.45, 2.75) is 13.8 Å². The number of amides is 1. The van der Waals surface area contributed by atoms with Gasteiger partial charge in [0.15, 0.2) is 0 Å². The third-order valence-corrected chi connectivity index (χ3v) is 2.44. The quantitative estimate of drug-likeness (QED) is 0.856. The van der Waals surface area contributed by atoms with E-state index in [0.717, 1.165) is 11.3 Å². The fraction of sp³-hybridized carbons (Fsp3) is 0.154. The number of nitrogens with one attached hydrogen (secondary N) is 1. The Hall–Kier alpha value is -2.23. The Kier molecular flexibility index (Phi) is 3.14. The van der Waals surface area contributed by atoms with Crippen molar-refractivity contribution in [3.63, 3.8) is 0 Å². The van der Waals surface area contributed by atoms with Crippen LogP contribution in [0.5, 0.6) is 0 Å². The maximum Gasteiger partial charge on any atom is 0.274 e. The first-order valence-corrected chi connectivity index (χ1v) is 5.31. The normalized spacial score (nSPS) is 10.0. The second kappa shape index (κ2) is 4.74. The molecule has 0 aliphatic heterocycles. The highest BCUT2D eigenvalue weighted by molar-refractivity contribution is 6.03. The summed E-state index contributed by atoms with van der Waals surface area (Å²) in [6, 6.07) is 7.46. The van der Waals surface area contributed by atoms with Crippen molar-refractivity contribution in [3.05, 3.63) is 53.6 Å². The van der Waals surface area contributed by atoms with Gasteiger partial charge in [-0.15, -0.1) is 0 Å². The lowest BCUT2D eigenvalue weighted by molar-refractivity contribution is 0.102. The van der Waals surface area contributed by atoms with Crippen LogP contribution in [0, 0.1) is 13.8 Å². The summed E-state index contributed by atoms with van der Waals surface area (Å²) in [6.45, 7) is 3.98. The minimum atomic E-state index is -0.223. The molecule has 0 radical (unpaired) electrons. The summed E-state index contributed by atoms with van der Waals surface area (Å²) in [5.41, 5.74) is 3.37. The van der Waals surface area contributed by atoms with E-state index in [0.29, 0.717) is 5.69 Å². The second-order valence-corrected chi connectivity index (χ2v) is 3.87. The summed E-state index contributed by atoms with van der Waals surface area (Å²) in [4.78, 5) is 19.5. The SMILES string of the molecule is Cc1ccc(NC(=O)c2ccncn2)c(C)c1. The minimum Gasteiger partial charge on any atom is -0.320 e. The van der Waals surface area contributed by atoms with Gasteiger partial charge in [0, 0.05) is 11.9 Å². The van der Waals surface area contributed by atoms with Gasteiger partial charge in [-0.05, 0) is 31.5 Å². The third-order valence-electron chi connectivity index (χ3n) is 2.44. The monoisotopic (exact) mass is 227 g/mol. The van der Waals surface area contributed by atoms with E-state index in [1.807, 2.05) is 32.0 Å². The van der Waals surface area contributed by atoms with Crippen molar-refractivity contribution in [2.75, 3.05) is 5.32 Å². The smallest absolute Gasteiger partial charge is 0.274 e. The molecule has 2 rings (SSSR count). The molecule has 0 saturated carbocycles. The molecule has 0 unspecified atom stereocenters. The summed E-state index contributed by atoms with van der Waals surface area (Å²) >= 11 is 0. The summed E-state index contributed by atoms with van der Waals surface area (Å²) < 4.78 is 0. The van der Waals surface area contributed by atoms with Crippen LogP contribution >= 0.6 is 0 Å². The number of hydrogen-bond donors (Lipinski definition) is 1. The molecule has 1 aromatic carbocycles. The molecule has 0 bridgehead atoms. The standard InChI is InChI=1S/C13H13N3O/c1-9-3-4-11(10(2)7-9)16-13(17)12-5-6-14-8-15-12/h3-8H,1-2H3,(H,16,17). The Morgan fingerprint density at radius 3 is 2.71 bits per heavy atom. The van der Waals surface area contributed by atoms with Crippen LogP contribution in [0.15, 0.2) is 36.8 Å². The van der Waals surface area contributed by atoms with Gasteiger partial charge in [-0.25, -0.2) is 9.97 Å². The Labute approximate surface area is 99.7 Å². The number of carbonyl (C=O) groups excluding carboxylic acids is 1. The maximum atomic E-state index is 11.8. The molecule has 1 aromatic heterocycles. The molecule has 0 saturated heterocycles. The van der Waals surface area contributed by atoms with Gasteiger partial charge in [0.2, 0.25) is 0 Å². The van der Waals surface area contributed by atoms with E-state index in [-0.39, 0.29) is 5.91 Å². The molecule has 86 valence electrons. The van der Waals surface area contributed by atoms with E-state index in [1.54, 1.807) is 12.3 Å². The van der Waals surface area contributed by atoms with Crippen LogP contribution in [0.2, 0.25) is 0 Å². The van der Waals surface area contributed by atoms with Crippen molar-refractivity contribution in [1.82, 2.24) is 9.97 Å². The molecule has 1 heterocycles. The lowest BCUT2D eigenvalue weighted by atomic mass is 10.1. The number of anilines is 1. The third kappa shape index (κ3) is 2.66. The average molecular weight is 227 g/mol. The van der Waals surface area contributed by atoms with Crippen LogP contribution in [0.25, 0.3) is 0 Å². The number of hydrogen-bond acceptors (Lipinski definition) is 3. The number of rotatable bonds is 2. The predicted molar refractivity (Wildman–Crippen MR) is 65.9 cm³/mol. The predicted octanol–water partition coefficient (Wildman–Crippen LogP) is 2.35. The molecule has 4 nitrogen and oxygen atoms in total. The number of aromatic nitrogens is 2. The zero-order chi connectivity index (χ0) is 12.3. The topological polar surface area (TPSA) is 54.9 Å². The van der Waals surface area contributed by atoms with Gasteiger partial charge >= 0.3 is 0 Å². The van der Waals surface area contributed by atoms with Gasteiger partial charge in [-0.1, -0.05) is 17.7 Å². The van der Waals surface area contributed by atoms with Crippen molar-refractivity contribution >= 4 is 11.6 Å². The molecule has 0 fully saturated rings. The molecular weight excluding hydrogens is 214 g/mol. The summed E-state index contributed by atoms with van der Waals surface area (Å²) in [7, 11) is 0. The fourth-order valence-electron chi connectivity index (χ4n) is 1.57. The molecule has 0 aliphatic carbocycles. The van der Waals surface area contributed by atoms with Crippen molar-refractivity contribution in [1.29, 1.82) is 0 Å². The van der Waals surface area contributed by atoms with E-state index < -0.39 is 0 Å². The Balaban J connectivity index is 2.19. The van der Waals surface area contributed by atoms with Crippen LogP contribution in [-0.2, 0) is 0 Å². The van der Waals surface area contributed by atoms with Gasteiger partial charge in [-0.3, -0.25) is 4.79 Å². The van der Waals surface area contributed by atoms with Gasteiger partial charge < -0.3 is 5.32 Å². The zero-order valence-corrected chi connectivity index (χ0v) is 9.77. The van der Waals surface area contributed by atoms with Crippen molar-refractivity contribution < 1.29 is 4.79 Å². The van der Waals surface area contributed by atoms with E-state index in [1.165, 1.54) is 11.9 Å². The lowest BCUT2D eigenvalue weighted by Gasteiger charge is -2.08. The van der Waals surface area contributed by atoms with E-state index in [2.05, 4.69) is 15.3 Å². The van der Waals surface area contributed by atoms with Gasteiger partial charge in [0.25, 0.3) is 5.91 Å². The summed E-state index contributed by atoms with van der Waals surface area (Å²) in [5.74, 6) is -0.223. The number of aryl methyl sites for hydroxylation is 2. The summed E-state index contributed by atoms with van der Waals surface area (Å²) in [6.07, 6.45) is 2.90. The molecule has 1 N–H and O–H groups in total. The van der Waals surface area contributed by atoms with Crippen LogP contribution < -0.4 is 5.32 Å². The first kappa shape index (κ1) is 11.3. The molecule has 4 heteroatoms. The van der Waals surface area contributed by atoms with E-state index in [4.69, 9.17) is 0 Å². The molecule has 0 atom stereocenters. The number of benzene rings is 1.